The number of hydrogen-bond donors (Lipinski definition) is 3. The molecule has 0 amide bonds. The topological polar surface area (TPSA) is 104 Å². The maximum Gasteiger partial charge on any atom is 0.707 e. The number of aromatic nitrogens is 4. The van der Waals surface area contributed by atoms with Gasteiger partial charge in [-0.15, -0.1) is 5.10 Å². The molecule has 1 aromatic heterocycles. The minimum Gasteiger partial charge on any atom is -0.512 e. The lowest BCUT2D eigenvalue weighted by Gasteiger charge is -2.01. The molecule has 1 aromatic carbocycles. The Kier molecular flexibility index (Phi) is 4.85. The first-order valence-corrected chi connectivity index (χ1v) is 4.04. The van der Waals surface area contributed by atoms with E-state index in [-0.39, 0.29) is 0 Å². The minimum absolute atomic E-state index is 0.442. The molecule has 2 aromatic rings. The van der Waals surface area contributed by atoms with Crippen molar-refractivity contribution < 1.29 is 14.7 Å². The van der Waals surface area contributed by atoms with E-state index in [1.807, 2.05) is 6.07 Å². The first-order chi connectivity index (χ1) is 7.29. The van der Waals surface area contributed by atoms with Crippen LogP contribution in [-0.4, -0.2) is 38.0 Å². The summed E-state index contributed by atoms with van der Waals surface area (Å²) in [7, 11) is -1.73. The standard InChI is InChI=1S/C6H7BO3.CH2N4/c8-7(9)10-6-4-2-1-3-5-6;1-2-4-5-3-1/h1-5,8-9H;1H,(H,2,3,4,5). The van der Waals surface area contributed by atoms with E-state index in [1.54, 1.807) is 24.3 Å². The van der Waals surface area contributed by atoms with Gasteiger partial charge in [0.25, 0.3) is 0 Å². The van der Waals surface area contributed by atoms with Crippen LogP contribution in [0.1, 0.15) is 0 Å². The van der Waals surface area contributed by atoms with Crippen LogP contribution in [0.25, 0.3) is 0 Å². The maximum absolute atomic E-state index is 8.34. The van der Waals surface area contributed by atoms with Crippen molar-refractivity contribution >= 4 is 7.32 Å². The zero-order valence-electron chi connectivity index (χ0n) is 7.69. The zero-order chi connectivity index (χ0) is 10.9. The molecule has 0 aliphatic rings. The number of aromatic amines is 1. The average molecular weight is 208 g/mol. The van der Waals surface area contributed by atoms with E-state index in [2.05, 4.69) is 25.3 Å². The molecule has 0 bridgehead atoms. The fourth-order valence-corrected chi connectivity index (χ4v) is 0.750. The summed E-state index contributed by atoms with van der Waals surface area (Å²) in [5.41, 5.74) is 0. The smallest absolute Gasteiger partial charge is 0.512 e. The Morgan fingerprint density at radius 2 is 1.93 bits per heavy atom. The van der Waals surface area contributed by atoms with Gasteiger partial charge in [-0.3, -0.25) is 0 Å². The van der Waals surface area contributed by atoms with Crippen molar-refractivity contribution in [2.45, 2.75) is 0 Å². The molecule has 0 fully saturated rings. The van der Waals surface area contributed by atoms with E-state index < -0.39 is 7.32 Å². The van der Waals surface area contributed by atoms with Gasteiger partial charge in [-0.2, -0.15) is 0 Å². The van der Waals surface area contributed by atoms with E-state index in [9.17, 15) is 0 Å². The van der Waals surface area contributed by atoms with Crippen LogP contribution in [0, 0.1) is 0 Å². The van der Waals surface area contributed by atoms with Crippen molar-refractivity contribution in [2.24, 2.45) is 0 Å². The molecule has 0 unspecified atom stereocenters. The normalized spacial score (nSPS) is 8.67. The van der Waals surface area contributed by atoms with E-state index >= 15 is 0 Å². The molecule has 0 saturated carbocycles. The van der Waals surface area contributed by atoms with Crippen LogP contribution in [0.5, 0.6) is 5.75 Å². The Hall–Kier alpha value is -1.93. The largest absolute Gasteiger partial charge is 0.707 e. The summed E-state index contributed by atoms with van der Waals surface area (Å²) in [6.07, 6.45) is 1.40. The number of tetrazole rings is 1. The van der Waals surface area contributed by atoms with E-state index in [0.717, 1.165) is 0 Å². The van der Waals surface area contributed by atoms with Gasteiger partial charge >= 0.3 is 7.32 Å². The van der Waals surface area contributed by atoms with Gasteiger partial charge in [-0.05, 0) is 22.6 Å². The Morgan fingerprint density at radius 1 is 1.20 bits per heavy atom. The fourth-order valence-electron chi connectivity index (χ4n) is 0.750. The number of benzene rings is 1. The van der Waals surface area contributed by atoms with Gasteiger partial charge < -0.3 is 14.7 Å². The number of hydrogen-bond acceptors (Lipinski definition) is 6. The monoisotopic (exact) mass is 208 g/mol. The molecule has 0 aliphatic heterocycles. The summed E-state index contributed by atoms with van der Waals surface area (Å²) in [6, 6.07) is 8.59. The van der Waals surface area contributed by atoms with Crippen LogP contribution in [-0.2, 0) is 0 Å². The van der Waals surface area contributed by atoms with Gasteiger partial charge in [0.05, 0.1) is 0 Å². The van der Waals surface area contributed by atoms with E-state index in [1.165, 1.54) is 6.33 Å². The average Bonchev–Trinajstić information content (AvgIpc) is 2.76. The lowest BCUT2D eigenvalue weighted by atomic mass is 10.2. The maximum atomic E-state index is 8.34. The van der Waals surface area contributed by atoms with Crippen LogP contribution in [0.3, 0.4) is 0 Å². The third-order valence-electron chi connectivity index (χ3n) is 1.25. The van der Waals surface area contributed by atoms with Crippen molar-refractivity contribution in [1.29, 1.82) is 0 Å². The van der Waals surface area contributed by atoms with Crippen molar-refractivity contribution in [3.8, 4) is 5.75 Å². The molecule has 1 heterocycles. The lowest BCUT2D eigenvalue weighted by Crippen LogP contribution is -2.20. The second-order valence-corrected chi connectivity index (χ2v) is 2.32. The minimum atomic E-state index is -1.73. The molecule has 3 N–H and O–H groups in total. The number of para-hydroxylation sites is 1. The molecule has 0 spiro atoms. The molecule has 0 aliphatic carbocycles. The number of rotatable bonds is 2. The Balaban J connectivity index is 0.000000187. The quantitative estimate of drug-likeness (QED) is 0.560. The zero-order valence-corrected chi connectivity index (χ0v) is 7.69. The van der Waals surface area contributed by atoms with Crippen LogP contribution >= 0.6 is 0 Å². The highest BCUT2D eigenvalue weighted by Crippen LogP contribution is 2.07. The van der Waals surface area contributed by atoms with Crippen molar-refractivity contribution in [3.63, 3.8) is 0 Å². The second-order valence-electron chi connectivity index (χ2n) is 2.32. The molecular formula is C7H9BN4O3. The van der Waals surface area contributed by atoms with Crippen LogP contribution in [0.15, 0.2) is 36.7 Å². The third-order valence-corrected chi connectivity index (χ3v) is 1.25. The van der Waals surface area contributed by atoms with Gasteiger partial charge in [0.2, 0.25) is 0 Å². The second kappa shape index (κ2) is 6.52. The van der Waals surface area contributed by atoms with Gasteiger partial charge in [0.15, 0.2) is 0 Å². The van der Waals surface area contributed by atoms with Crippen LogP contribution in [0.2, 0.25) is 0 Å². The SMILES string of the molecule is OB(O)Oc1ccccc1.c1nnn[nH]1. The van der Waals surface area contributed by atoms with Crippen molar-refractivity contribution in [2.75, 3.05) is 0 Å². The predicted octanol–water partition coefficient (Wildman–Crippen LogP) is -0.765. The summed E-state index contributed by atoms with van der Waals surface area (Å²) < 4.78 is 4.53. The molecule has 7 nitrogen and oxygen atoms in total. The predicted molar refractivity (Wildman–Crippen MR) is 51.4 cm³/mol. The Labute approximate surface area is 85.9 Å². The molecular weight excluding hydrogens is 199 g/mol. The van der Waals surface area contributed by atoms with Crippen LogP contribution in [0.4, 0.5) is 0 Å². The Bertz CT molecular complexity index is 325. The van der Waals surface area contributed by atoms with Gasteiger partial charge in [0, 0.05) is 0 Å². The summed E-state index contributed by atoms with van der Waals surface area (Å²) >= 11 is 0. The van der Waals surface area contributed by atoms with Crippen molar-refractivity contribution in [3.05, 3.63) is 36.7 Å². The first-order valence-electron chi connectivity index (χ1n) is 4.04. The third kappa shape index (κ3) is 5.39. The highest BCUT2D eigenvalue weighted by Gasteiger charge is 2.09. The summed E-state index contributed by atoms with van der Waals surface area (Å²) in [5.74, 6) is 0.442. The lowest BCUT2D eigenvalue weighted by molar-refractivity contribution is 0.288. The van der Waals surface area contributed by atoms with Crippen molar-refractivity contribution in [1.82, 2.24) is 20.6 Å². The number of nitrogens with one attached hydrogen (secondary N) is 1. The summed E-state index contributed by atoms with van der Waals surface area (Å²) in [4.78, 5) is 0. The molecule has 0 saturated heterocycles. The molecule has 8 heteroatoms. The van der Waals surface area contributed by atoms with E-state index in [4.69, 9.17) is 10.0 Å². The number of nitrogens with zero attached hydrogens (tertiary/aromatic N) is 3. The highest BCUT2D eigenvalue weighted by molar-refractivity contribution is 6.33. The fraction of sp³-hybridized carbons (Fsp3) is 0. The summed E-state index contributed by atoms with van der Waals surface area (Å²) in [5, 5.41) is 28.8. The van der Waals surface area contributed by atoms with Gasteiger partial charge in [0.1, 0.15) is 12.1 Å². The summed E-state index contributed by atoms with van der Waals surface area (Å²) in [6.45, 7) is 0. The van der Waals surface area contributed by atoms with E-state index in [0.29, 0.717) is 5.75 Å². The number of H-pyrrole nitrogens is 1. The molecule has 0 radical (unpaired) electrons. The Morgan fingerprint density at radius 3 is 2.33 bits per heavy atom. The van der Waals surface area contributed by atoms with Gasteiger partial charge in [-0.1, -0.05) is 18.2 Å². The molecule has 2 rings (SSSR count). The molecule has 15 heavy (non-hydrogen) atoms. The molecule has 78 valence electrons. The highest BCUT2D eigenvalue weighted by atomic mass is 16.6. The first kappa shape index (κ1) is 11.2. The molecule has 0 atom stereocenters. The van der Waals surface area contributed by atoms with Crippen LogP contribution < -0.4 is 4.65 Å². The van der Waals surface area contributed by atoms with Gasteiger partial charge in [-0.25, -0.2) is 5.10 Å².